The first-order valence-corrected chi connectivity index (χ1v) is 15.2. The lowest BCUT2D eigenvalue weighted by molar-refractivity contribution is 0.304. The van der Waals surface area contributed by atoms with Gasteiger partial charge in [-0.05, 0) is 108 Å². The molecule has 0 fully saturated rings. The van der Waals surface area contributed by atoms with Gasteiger partial charge in [-0.1, -0.05) is 55.8 Å². The van der Waals surface area contributed by atoms with Crippen LogP contribution in [0, 0.1) is 10.5 Å². The molecular weight excluding hydrogens is 661 g/mol. The predicted molar refractivity (Wildman–Crippen MR) is 179 cm³/mol. The number of halogens is 2. The van der Waals surface area contributed by atoms with Crippen LogP contribution in [0.4, 0.5) is 0 Å². The highest BCUT2D eigenvalue weighted by Gasteiger charge is 2.18. The van der Waals surface area contributed by atoms with E-state index in [1.165, 1.54) is 4.68 Å². The Labute approximate surface area is 264 Å². The molecule has 0 N–H and O–H groups in total. The van der Waals surface area contributed by atoms with Crippen molar-refractivity contribution in [1.82, 2.24) is 9.66 Å². The molecule has 4 aromatic carbocycles. The Balaban J connectivity index is 1.54. The van der Waals surface area contributed by atoms with E-state index in [0.29, 0.717) is 35.0 Å². The summed E-state index contributed by atoms with van der Waals surface area (Å²) in [5.41, 5.74) is 4.96. The van der Waals surface area contributed by atoms with E-state index in [2.05, 4.69) is 47.6 Å². The molecule has 0 bridgehead atoms. The summed E-state index contributed by atoms with van der Waals surface area (Å²) in [7, 11) is 0. The molecule has 0 spiro atoms. The van der Waals surface area contributed by atoms with Crippen molar-refractivity contribution >= 4 is 51.3 Å². The second-order valence-corrected chi connectivity index (χ2v) is 11.7. The van der Waals surface area contributed by atoms with Gasteiger partial charge in [-0.15, -0.1) is 0 Å². The number of nitrogens with zero attached hydrogens (tertiary/aromatic N) is 3. The SMILES string of the molecule is CCOc1cc(C)c(-c2nc3ccccc3c(=O)n2N=Cc2ccc(OCc3ccccc3Cl)c(I)c2)cc1C(C)C. The zero-order chi connectivity index (χ0) is 29.8. The predicted octanol–water partition coefficient (Wildman–Crippen LogP) is 8.61. The number of aromatic nitrogens is 2. The Morgan fingerprint density at radius 1 is 1.00 bits per heavy atom. The number of hydrogen-bond donors (Lipinski definition) is 0. The van der Waals surface area contributed by atoms with Crippen molar-refractivity contribution in [3.8, 4) is 22.9 Å². The summed E-state index contributed by atoms with van der Waals surface area (Å²) in [4.78, 5) is 18.7. The van der Waals surface area contributed by atoms with Crippen molar-refractivity contribution in [3.63, 3.8) is 0 Å². The van der Waals surface area contributed by atoms with Crippen LogP contribution in [-0.2, 0) is 6.61 Å². The molecule has 0 amide bonds. The molecule has 1 heterocycles. The van der Waals surface area contributed by atoms with Crippen LogP contribution in [0.5, 0.6) is 11.5 Å². The number of para-hydroxylation sites is 1. The van der Waals surface area contributed by atoms with Gasteiger partial charge in [-0.3, -0.25) is 4.79 Å². The molecule has 8 heteroatoms. The van der Waals surface area contributed by atoms with Gasteiger partial charge in [0.2, 0.25) is 0 Å². The van der Waals surface area contributed by atoms with Gasteiger partial charge < -0.3 is 9.47 Å². The number of hydrogen-bond acceptors (Lipinski definition) is 5. The van der Waals surface area contributed by atoms with Crippen LogP contribution in [0.25, 0.3) is 22.3 Å². The maximum atomic E-state index is 13.8. The minimum absolute atomic E-state index is 0.218. The van der Waals surface area contributed by atoms with Crippen molar-refractivity contribution in [3.05, 3.63) is 120 Å². The zero-order valence-electron chi connectivity index (χ0n) is 23.9. The molecule has 0 aliphatic carbocycles. The van der Waals surface area contributed by atoms with Gasteiger partial charge in [0, 0.05) is 16.1 Å². The molecule has 1 aromatic heterocycles. The quantitative estimate of drug-likeness (QED) is 0.115. The summed E-state index contributed by atoms with van der Waals surface area (Å²) in [5.74, 6) is 2.28. The van der Waals surface area contributed by atoms with Crippen LogP contribution in [0.2, 0.25) is 5.02 Å². The molecule has 0 atom stereocenters. The van der Waals surface area contributed by atoms with Crippen molar-refractivity contribution in [2.45, 2.75) is 40.2 Å². The minimum Gasteiger partial charge on any atom is -0.494 e. The molecule has 0 saturated heterocycles. The minimum atomic E-state index is -0.236. The van der Waals surface area contributed by atoms with Crippen molar-refractivity contribution in [2.75, 3.05) is 6.61 Å². The lowest BCUT2D eigenvalue weighted by Gasteiger charge is -2.18. The zero-order valence-corrected chi connectivity index (χ0v) is 26.8. The largest absolute Gasteiger partial charge is 0.494 e. The molecule has 5 aromatic rings. The van der Waals surface area contributed by atoms with Crippen LogP contribution in [0.1, 0.15) is 48.9 Å². The summed E-state index contributed by atoms with van der Waals surface area (Å²) in [6.45, 7) is 9.16. The fraction of sp³-hybridized carbons (Fsp3) is 0.206. The topological polar surface area (TPSA) is 65.7 Å². The average Bonchev–Trinajstić information content (AvgIpc) is 2.97. The van der Waals surface area contributed by atoms with Gasteiger partial charge in [0.05, 0.1) is 27.3 Å². The number of rotatable bonds is 9. The third-order valence-electron chi connectivity index (χ3n) is 6.89. The Bertz CT molecular complexity index is 1850. The summed E-state index contributed by atoms with van der Waals surface area (Å²) in [6, 6.07) is 24.8. The normalized spacial score (nSPS) is 11.5. The highest BCUT2D eigenvalue weighted by atomic mass is 127. The second kappa shape index (κ2) is 13.1. The van der Waals surface area contributed by atoms with E-state index in [9.17, 15) is 4.79 Å². The first kappa shape index (κ1) is 29.8. The lowest BCUT2D eigenvalue weighted by atomic mass is 9.96. The summed E-state index contributed by atoms with van der Waals surface area (Å²) >= 11 is 8.52. The van der Waals surface area contributed by atoms with Crippen molar-refractivity contribution in [1.29, 1.82) is 0 Å². The van der Waals surface area contributed by atoms with E-state index in [4.69, 9.17) is 26.1 Å². The summed E-state index contributed by atoms with van der Waals surface area (Å²) in [6.07, 6.45) is 1.68. The summed E-state index contributed by atoms with van der Waals surface area (Å²) in [5, 5.41) is 5.85. The van der Waals surface area contributed by atoms with Crippen molar-refractivity contribution in [2.24, 2.45) is 5.10 Å². The molecule has 5 rings (SSSR count). The Morgan fingerprint density at radius 3 is 2.50 bits per heavy atom. The molecule has 6 nitrogen and oxygen atoms in total. The Hall–Kier alpha value is -3.69. The highest BCUT2D eigenvalue weighted by molar-refractivity contribution is 14.1. The van der Waals surface area contributed by atoms with Gasteiger partial charge in [0.15, 0.2) is 5.82 Å². The van der Waals surface area contributed by atoms with Gasteiger partial charge in [-0.2, -0.15) is 9.78 Å². The number of fused-ring (bicyclic) bond motifs is 1. The van der Waals surface area contributed by atoms with Crippen molar-refractivity contribution < 1.29 is 9.47 Å². The molecule has 214 valence electrons. The summed E-state index contributed by atoms with van der Waals surface area (Å²) < 4.78 is 14.3. The van der Waals surface area contributed by atoms with Crippen LogP contribution >= 0.6 is 34.2 Å². The standard InChI is InChI=1S/C34H31ClIN3O3/c1-5-41-32-16-22(4)27(18-26(32)21(2)3)33-38-30-13-9-7-11-25(30)34(40)39(33)37-19-23-14-15-31(29(36)17-23)42-20-24-10-6-8-12-28(24)35/h6-19,21H,5,20H2,1-4H3. The van der Waals surface area contributed by atoms with Crippen LogP contribution in [0.15, 0.2) is 88.8 Å². The van der Waals surface area contributed by atoms with E-state index in [1.807, 2.05) is 80.6 Å². The molecule has 42 heavy (non-hydrogen) atoms. The van der Waals surface area contributed by atoms with Crippen LogP contribution in [-0.4, -0.2) is 22.5 Å². The molecule has 0 radical (unpaired) electrons. The molecule has 0 saturated carbocycles. The second-order valence-electron chi connectivity index (χ2n) is 10.2. The fourth-order valence-corrected chi connectivity index (χ4v) is 5.57. The van der Waals surface area contributed by atoms with Gasteiger partial charge >= 0.3 is 0 Å². The van der Waals surface area contributed by atoms with E-state index in [1.54, 1.807) is 12.3 Å². The van der Waals surface area contributed by atoms with E-state index < -0.39 is 0 Å². The van der Waals surface area contributed by atoms with Gasteiger partial charge in [0.25, 0.3) is 5.56 Å². The maximum Gasteiger partial charge on any atom is 0.282 e. The monoisotopic (exact) mass is 691 g/mol. The van der Waals surface area contributed by atoms with E-state index in [0.717, 1.165) is 42.9 Å². The Kier molecular flexibility index (Phi) is 9.28. The third kappa shape index (κ3) is 6.37. The van der Waals surface area contributed by atoms with Gasteiger partial charge in [0.1, 0.15) is 18.1 Å². The molecular formula is C34H31ClIN3O3. The van der Waals surface area contributed by atoms with Crippen LogP contribution < -0.4 is 15.0 Å². The Morgan fingerprint density at radius 2 is 1.76 bits per heavy atom. The molecule has 0 aliphatic heterocycles. The fourth-order valence-electron chi connectivity index (χ4n) is 4.69. The highest BCUT2D eigenvalue weighted by Crippen LogP contribution is 2.34. The van der Waals surface area contributed by atoms with E-state index >= 15 is 0 Å². The first-order chi connectivity index (χ1) is 20.3. The number of benzene rings is 4. The van der Waals surface area contributed by atoms with E-state index in [-0.39, 0.29) is 11.5 Å². The molecule has 0 unspecified atom stereocenters. The number of ether oxygens (including phenoxy) is 2. The van der Waals surface area contributed by atoms with Gasteiger partial charge in [-0.25, -0.2) is 4.98 Å². The lowest BCUT2D eigenvalue weighted by Crippen LogP contribution is -2.21. The number of aryl methyl sites for hydroxylation is 1. The first-order valence-electron chi connectivity index (χ1n) is 13.8. The van der Waals surface area contributed by atoms with Crippen LogP contribution in [0.3, 0.4) is 0 Å². The maximum absolute atomic E-state index is 13.8. The third-order valence-corrected chi connectivity index (χ3v) is 8.10. The average molecular weight is 692 g/mol. The smallest absolute Gasteiger partial charge is 0.282 e. The molecule has 0 aliphatic rings.